The van der Waals surface area contributed by atoms with Gasteiger partial charge in [-0.1, -0.05) is 18.6 Å². The van der Waals surface area contributed by atoms with Crippen LogP contribution >= 0.6 is 0 Å². The Labute approximate surface area is 220 Å². The van der Waals surface area contributed by atoms with Crippen LogP contribution in [0.2, 0.25) is 0 Å². The van der Waals surface area contributed by atoms with Gasteiger partial charge in [0, 0.05) is 18.0 Å². The number of phenols is 1. The van der Waals surface area contributed by atoms with E-state index >= 15 is 0 Å². The van der Waals surface area contributed by atoms with E-state index in [2.05, 4.69) is 0 Å². The molecule has 4 rings (SSSR count). The summed E-state index contributed by atoms with van der Waals surface area (Å²) in [4.78, 5) is 52.6. The highest BCUT2D eigenvalue weighted by Gasteiger charge is 2.63. The number of halogens is 5. The Morgan fingerprint density at radius 3 is 2.33 bits per heavy atom. The summed E-state index contributed by atoms with van der Waals surface area (Å²) in [7, 11) is 0. The summed E-state index contributed by atoms with van der Waals surface area (Å²) >= 11 is 0. The van der Waals surface area contributed by atoms with Crippen LogP contribution in [0.25, 0.3) is 0 Å². The number of ketones is 4. The van der Waals surface area contributed by atoms with Gasteiger partial charge in [0.25, 0.3) is 0 Å². The van der Waals surface area contributed by atoms with Gasteiger partial charge in [-0.05, 0) is 56.6 Å². The largest absolute Gasteiger partial charge is 0.507 e. The predicted molar refractivity (Wildman–Crippen MR) is 126 cm³/mol. The van der Waals surface area contributed by atoms with E-state index in [1.807, 2.05) is 5.32 Å². The van der Waals surface area contributed by atoms with E-state index in [0.29, 0.717) is 23.1 Å². The second kappa shape index (κ2) is 9.58. The highest BCUT2D eigenvalue weighted by molar-refractivity contribution is 6.32. The summed E-state index contributed by atoms with van der Waals surface area (Å²) in [6.45, 7) is 2.08. The van der Waals surface area contributed by atoms with Crippen molar-refractivity contribution in [1.82, 2.24) is 5.32 Å². The quantitative estimate of drug-likeness (QED) is 0.279. The van der Waals surface area contributed by atoms with E-state index in [-0.39, 0.29) is 36.0 Å². The standard InChI is InChI=1S/C27H28F5NO6/c1-4-13-6-15(9-33-10-25(28,29)27(30,31)32)21(35)20-17(13)8-14-7-16-5-11(2)18(12(3)34)23(37)26(16,39)24(38)19(14)22(20)36/h6,14,16,19,33,35,39H,4-5,7-10H2,1-3H3/t14-,16-,19?,26-/m1/s1. The molecule has 0 aliphatic heterocycles. The van der Waals surface area contributed by atoms with E-state index in [1.54, 1.807) is 13.8 Å². The lowest BCUT2D eigenvalue weighted by molar-refractivity contribution is -0.279. The first-order valence-electron chi connectivity index (χ1n) is 12.6. The summed E-state index contributed by atoms with van der Waals surface area (Å²) in [6, 6.07) is 1.43. The Bertz CT molecular complexity index is 1320. The lowest BCUT2D eigenvalue weighted by Crippen LogP contribution is -2.64. The van der Waals surface area contributed by atoms with Gasteiger partial charge in [-0.15, -0.1) is 0 Å². The van der Waals surface area contributed by atoms with Gasteiger partial charge in [-0.3, -0.25) is 19.2 Å². The van der Waals surface area contributed by atoms with Gasteiger partial charge >= 0.3 is 12.1 Å². The number of hydrogen-bond donors (Lipinski definition) is 3. The molecule has 0 amide bonds. The average molecular weight is 558 g/mol. The molecular formula is C27H28F5NO6. The number of carbonyl (C=O) groups is 4. The number of allylic oxidation sites excluding steroid dienone is 1. The highest BCUT2D eigenvalue weighted by Crippen LogP contribution is 2.51. The minimum absolute atomic E-state index is 0.110. The summed E-state index contributed by atoms with van der Waals surface area (Å²) in [5.74, 6) is -12.2. The first-order chi connectivity index (χ1) is 18.0. The number of rotatable bonds is 6. The molecule has 0 bridgehead atoms. The topological polar surface area (TPSA) is 121 Å². The molecule has 3 aliphatic carbocycles. The van der Waals surface area contributed by atoms with E-state index < -0.39 is 77.4 Å². The van der Waals surface area contributed by atoms with Crippen LogP contribution in [0, 0.1) is 17.8 Å². The number of alkyl halides is 5. The molecule has 0 heterocycles. The molecular weight excluding hydrogens is 529 g/mol. The van der Waals surface area contributed by atoms with Crippen LogP contribution in [0.3, 0.4) is 0 Å². The summed E-state index contributed by atoms with van der Waals surface area (Å²) in [6.07, 6.45) is -5.04. The van der Waals surface area contributed by atoms with Gasteiger partial charge in [-0.25, -0.2) is 0 Å². The Morgan fingerprint density at radius 1 is 1.13 bits per heavy atom. The molecule has 212 valence electrons. The van der Waals surface area contributed by atoms with Crippen molar-refractivity contribution in [3.05, 3.63) is 39.5 Å². The number of Topliss-reactive ketones (excluding diaryl/α,β-unsaturated/α-hetero) is 4. The first kappa shape index (κ1) is 29.0. The fourth-order valence-electron chi connectivity index (χ4n) is 6.35. The summed E-state index contributed by atoms with van der Waals surface area (Å²) < 4.78 is 64.2. The summed E-state index contributed by atoms with van der Waals surface area (Å²) in [5.41, 5.74) is -1.80. The van der Waals surface area contributed by atoms with Crippen molar-refractivity contribution in [2.45, 2.75) is 70.7 Å². The first-order valence-corrected chi connectivity index (χ1v) is 12.6. The van der Waals surface area contributed by atoms with Crippen molar-refractivity contribution >= 4 is 23.1 Å². The van der Waals surface area contributed by atoms with Gasteiger partial charge in [0.2, 0.25) is 5.78 Å². The Balaban J connectivity index is 1.71. The average Bonchev–Trinajstić information content (AvgIpc) is 2.81. The van der Waals surface area contributed by atoms with Crippen LogP contribution in [0.4, 0.5) is 22.0 Å². The SMILES string of the molecule is CCc1cc(CNCC(F)(F)C(F)(F)F)c(O)c2c1C[C@H]1C[C@H]3CC(C)=C(C(C)=O)C(=O)[C@@]3(O)C(=O)C1C2=O. The van der Waals surface area contributed by atoms with Gasteiger partial charge in [-0.2, -0.15) is 22.0 Å². The molecule has 3 N–H and O–H groups in total. The van der Waals surface area contributed by atoms with Crippen molar-refractivity contribution in [3.63, 3.8) is 0 Å². The van der Waals surface area contributed by atoms with Crippen molar-refractivity contribution in [1.29, 1.82) is 0 Å². The Morgan fingerprint density at radius 2 is 1.77 bits per heavy atom. The van der Waals surface area contributed by atoms with Gasteiger partial charge in [0.1, 0.15) is 5.75 Å². The normalized spacial score (nSPS) is 27.3. The number of nitrogens with one attached hydrogen (secondary N) is 1. The Hall–Kier alpha value is -2.99. The van der Waals surface area contributed by atoms with E-state index in [9.17, 15) is 51.3 Å². The van der Waals surface area contributed by atoms with Crippen LogP contribution in [0.15, 0.2) is 17.2 Å². The molecule has 0 aromatic heterocycles. The number of hydrogen-bond acceptors (Lipinski definition) is 7. The second-order valence-corrected chi connectivity index (χ2v) is 10.7. The van der Waals surface area contributed by atoms with Crippen molar-refractivity contribution in [2.75, 3.05) is 6.54 Å². The zero-order chi connectivity index (χ0) is 29.2. The minimum Gasteiger partial charge on any atom is -0.507 e. The zero-order valence-electron chi connectivity index (χ0n) is 21.5. The van der Waals surface area contributed by atoms with Crippen LogP contribution in [0.1, 0.15) is 60.7 Å². The summed E-state index contributed by atoms with van der Waals surface area (Å²) in [5, 5.41) is 24.3. The number of aryl methyl sites for hydroxylation is 1. The van der Waals surface area contributed by atoms with Gasteiger partial charge < -0.3 is 15.5 Å². The molecule has 0 saturated heterocycles. The molecule has 1 aromatic carbocycles. The monoisotopic (exact) mass is 557 g/mol. The van der Waals surface area contributed by atoms with E-state index in [1.165, 1.54) is 6.07 Å². The van der Waals surface area contributed by atoms with E-state index in [0.717, 1.165) is 6.92 Å². The molecule has 1 aromatic rings. The molecule has 39 heavy (non-hydrogen) atoms. The molecule has 1 saturated carbocycles. The predicted octanol–water partition coefficient (Wildman–Crippen LogP) is 3.41. The number of fused-ring (bicyclic) bond motifs is 3. The van der Waals surface area contributed by atoms with E-state index in [4.69, 9.17) is 0 Å². The maximum atomic E-state index is 13.7. The van der Waals surface area contributed by atoms with Gasteiger partial charge in [0.05, 0.1) is 23.6 Å². The van der Waals surface area contributed by atoms with Crippen LogP contribution < -0.4 is 5.32 Å². The number of aromatic hydroxyl groups is 1. The van der Waals surface area contributed by atoms with Crippen LogP contribution in [-0.4, -0.2) is 57.6 Å². The van der Waals surface area contributed by atoms with Crippen molar-refractivity contribution in [2.24, 2.45) is 17.8 Å². The molecule has 7 nitrogen and oxygen atoms in total. The molecule has 4 atom stereocenters. The molecule has 3 aliphatic rings. The Kier molecular flexibility index (Phi) is 7.13. The second-order valence-electron chi connectivity index (χ2n) is 10.7. The van der Waals surface area contributed by atoms with Crippen LogP contribution in [-0.2, 0) is 33.8 Å². The smallest absolute Gasteiger partial charge is 0.454 e. The highest BCUT2D eigenvalue weighted by atomic mass is 19.4. The maximum absolute atomic E-state index is 13.7. The molecule has 1 unspecified atom stereocenters. The number of benzene rings is 1. The molecule has 0 spiro atoms. The van der Waals surface area contributed by atoms with Crippen molar-refractivity contribution < 1.29 is 51.3 Å². The van der Waals surface area contributed by atoms with Gasteiger partial charge in [0.15, 0.2) is 23.0 Å². The number of carbonyl (C=O) groups excluding carboxylic acids is 4. The fraction of sp³-hybridized carbons (Fsp3) is 0.556. The lowest BCUT2D eigenvalue weighted by Gasteiger charge is -2.48. The number of aliphatic hydroxyl groups is 1. The third-order valence-electron chi connectivity index (χ3n) is 8.24. The third-order valence-corrected chi connectivity index (χ3v) is 8.24. The maximum Gasteiger partial charge on any atom is 0.454 e. The molecule has 0 radical (unpaired) electrons. The third kappa shape index (κ3) is 4.41. The lowest BCUT2D eigenvalue weighted by atomic mass is 9.54. The van der Waals surface area contributed by atoms with Crippen LogP contribution in [0.5, 0.6) is 5.75 Å². The number of phenolic OH excluding ortho intramolecular Hbond substituents is 1. The molecule has 1 fully saturated rings. The molecule has 12 heteroatoms. The van der Waals surface area contributed by atoms with Crippen molar-refractivity contribution in [3.8, 4) is 5.75 Å². The minimum atomic E-state index is -5.77. The fourth-order valence-corrected chi connectivity index (χ4v) is 6.35. The zero-order valence-corrected chi connectivity index (χ0v) is 21.5.